The van der Waals surface area contributed by atoms with Crippen LogP contribution >= 0.6 is 0 Å². The average molecular weight is 488 g/mol. The molecule has 0 spiro atoms. The lowest BCUT2D eigenvalue weighted by Crippen LogP contribution is -2.50. The van der Waals surface area contributed by atoms with E-state index in [0.717, 1.165) is 6.07 Å². The molecule has 0 saturated carbocycles. The number of nitro groups is 1. The number of halogens is 1. The third-order valence-electron chi connectivity index (χ3n) is 5.71. The van der Waals surface area contributed by atoms with Crippen molar-refractivity contribution in [1.82, 2.24) is 14.2 Å². The number of hydrogen-bond donors (Lipinski definition) is 0. The van der Waals surface area contributed by atoms with Crippen molar-refractivity contribution in [3.8, 4) is 5.75 Å². The van der Waals surface area contributed by atoms with E-state index in [1.165, 1.54) is 40.6 Å². The number of carbonyl (C=O) groups excluding carboxylic acids is 1. The fraction of sp³-hybridized carbons (Fsp3) is 0.273. The summed E-state index contributed by atoms with van der Waals surface area (Å²) in [6.07, 6.45) is 0. The zero-order valence-corrected chi connectivity index (χ0v) is 19.2. The van der Waals surface area contributed by atoms with Gasteiger partial charge in [0.1, 0.15) is 5.82 Å². The van der Waals surface area contributed by atoms with Gasteiger partial charge in [0.15, 0.2) is 5.75 Å². The molecule has 1 saturated heterocycles. The number of amides is 1. The van der Waals surface area contributed by atoms with Crippen molar-refractivity contribution in [2.24, 2.45) is 0 Å². The third-order valence-corrected chi connectivity index (χ3v) is 7.61. The van der Waals surface area contributed by atoms with Crippen LogP contribution in [0.1, 0.15) is 16.1 Å². The zero-order valence-electron chi connectivity index (χ0n) is 18.4. The second-order valence-corrected chi connectivity index (χ2v) is 9.68. The molecule has 2 aromatic carbocycles. The molecule has 0 atom stereocenters. The van der Waals surface area contributed by atoms with Gasteiger partial charge < -0.3 is 9.64 Å². The second kappa shape index (κ2) is 8.95. The monoisotopic (exact) mass is 488 g/mol. The van der Waals surface area contributed by atoms with Crippen LogP contribution < -0.4 is 4.74 Å². The van der Waals surface area contributed by atoms with E-state index in [0.29, 0.717) is 22.2 Å². The van der Waals surface area contributed by atoms with E-state index in [1.54, 1.807) is 19.1 Å². The molecule has 1 fully saturated rings. The predicted octanol–water partition coefficient (Wildman–Crippen LogP) is 2.75. The Hall–Kier alpha value is -3.64. The minimum Gasteiger partial charge on any atom is -0.490 e. The van der Waals surface area contributed by atoms with Gasteiger partial charge in [0.2, 0.25) is 10.0 Å². The van der Waals surface area contributed by atoms with E-state index < -0.39 is 26.5 Å². The Morgan fingerprint density at radius 1 is 1.12 bits per heavy atom. The number of fused-ring (bicyclic) bond motifs is 1. The Morgan fingerprint density at radius 2 is 1.82 bits per heavy atom. The number of ether oxygens (including phenoxy) is 1. The lowest BCUT2D eigenvalue weighted by Gasteiger charge is -2.34. The van der Waals surface area contributed by atoms with Crippen LogP contribution in [0.3, 0.4) is 0 Å². The van der Waals surface area contributed by atoms with E-state index in [1.807, 2.05) is 0 Å². The van der Waals surface area contributed by atoms with E-state index >= 15 is 0 Å². The average Bonchev–Trinajstić information content (AvgIpc) is 2.82. The first-order chi connectivity index (χ1) is 16.1. The number of nitro benzene ring substituents is 1. The molecule has 10 nitrogen and oxygen atoms in total. The summed E-state index contributed by atoms with van der Waals surface area (Å²) in [7, 11) is -2.75. The van der Waals surface area contributed by atoms with Crippen LogP contribution in [-0.2, 0) is 10.0 Å². The summed E-state index contributed by atoms with van der Waals surface area (Å²) < 4.78 is 45.7. The highest BCUT2D eigenvalue weighted by Crippen LogP contribution is 2.31. The highest BCUT2D eigenvalue weighted by atomic mass is 32.2. The van der Waals surface area contributed by atoms with Gasteiger partial charge in [-0.15, -0.1) is 0 Å². The summed E-state index contributed by atoms with van der Waals surface area (Å²) in [5, 5.41) is 11.9. The Kier molecular flexibility index (Phi) is 6.19. The molecule has 0 aliphatic carbocycles. The number of aryl methyl sites for hydroxylation is 1. The summed E-state index contributed by atoms with van der Waals surface area (Å²) in [6, 6.07) is 9.26. The Morgan fingerprint density at radius 3 is 2.47 bits per heavy atom. The minimum absolute atomic E-state index is 0.0270. The Bertz CT molecular complexity index is 1400. The van der Waals surface area contributed by atoms with Crippen molar-refractivity contribution in [1.29, 1.82) is 0 Å². The molecule has 0 N–H and O–H groups in total. The van der Waals surface area contributed by atoms with Gasteiger partial charge in [0.25, 0.3) is 5.91 Å². The van der Waals surface area contributed by atoms with Crippen LogP contribution in [0.25, 0.3) is 10.9 Å². The molecule has 0 unspecified atom stereocenters. The summed E-state index contributed by atoms with van der Waals surface area (Å²) in [6.45, 7) is 1.99. The lowest BCUT2D eigenvalue weighted by atomic mass is 10.1. The summed E-state index contributed by atoms with van der Waals surface area (Å²) in [4.78, 5) is 29.3. The van der Waals surface area contributed by atoms with E-state index in [4.69, 9.17) is 4.74 Å². The number of carbonyl (C=O) groups is 1. The molecule has 3 aromatic rings. The van der Waals surface area contributed by atoms with Gasteiger partial charge in [-0.2, -0.15) is 4.31 Å². The maximum atomic E-state index is 13.5. The van der Waals surface area contributed by atoms with Crippen molar-refractivity contribution >= 4 is 32.5 Å². The molecular formula is C22H21FN4O6S. The molecule has 1 aromatic heterocycles. The number of benzene rings is 2. The van der Waals surface area contributed by atoms with Crippen molar-refractivity contribution < 1.29 is 27.3 Å². The first kappa shape index (κ1) is 23.5. The van der Waals surface area contributed by atoms with E-state index in [9.17, 15) is 27.7 Å². The first-order valence-corrected chi connectivity index (χ1v) is 11.7. The molecule has 2 heterocycles. The maximum absolute atomic E-state index is 13.5. The van der Waals surface area contributed by atoms with Crippen molar-refractivity contribution in [3.63, 3.8) is 0 Å². The number of piperazine rings is 1. The van der Waals surface area contributed by atoms with Crippen LogP contribution in [0, 0.1) is 22.9 Å². The molecule has 1 aliphatic heterocycles. The van der Waals surface area contributed by atoms with Crippen LogP contribution in [-0.4, -0.2) is 66.7 Å². The molecule has 34 heavy (non-hydrogen) atoms. The van der Waals surface area contributed by atoms with Crippen molar-refractivity contribution in [2.45, 2.75) is 11.8 Å². The molecule has 1 aliphatic rings. The number of hydrogen-bond acceptors (Lipinski definition) is 7. The lowest BCUT2D eigenvalue weighted by molar-refractivity contribution is -0.386. The Balaban J connectivity index is 1.52. The van der Waals surface area contributed by atoms with Crippen LogP contribution in [0.5, 0.6) is 5.75 Å². The quantitative estimate of drug-likeness (QED) is 0.400. The SMILES string of the molecule is COc1ccc(S(=O)(=O)N2CCN(C(=O)c3cc4ccc(F)cc4nc3C)CC2)cc1[N+](=O)[O-]. The number of rotatable bonds is 5. The molecule has 0 radical (unpaired) electrons. The normalized spacial score (nSPS) is 14.9. The molecule has 1 amide bonds. The summed E-state index contributed by atoms with van der Waals surface area (Å²) in [5.74, 6) is -0.757. The van der Waals surface area contributed by atoms with Gasteiger partial charge in [0.05, 0.1) is 33.7 Å². The van der Waals surface area contributed by atoms with E-state index in [2.05, 4.69) is 4.98 Å². The highest BCUT2D eigenvalue weighted by Gasteiger charge is 2.32. The van der Waals surface area contributed by atoms with Gasteiger partial charge in [-0.05, 0) is 37.3 Å². The molecule has 12 heteroatoms. The fourth-order valence-electron chi connectivity index (χ4n) is 3.88. The number of nitrogens with zero attached hydrogens (tertiary/aromatic N) is 4. The Labute approximate surface area is 194 Å². The smallest absolute Gasteiger partial charge is 0.312 e. The molecule has 178 valence electrons. The highest BCUT2D eigenvalue weighted by molar-refractivity contribution is 7.89. The molecule has 4 rings (SSSR count). The topological polar surface area (TPSA) is 123 Å². The van der Waals surface area contributed by atoms with Crippen molar-refractivity contribution in [3.05, 3.63) is 69.7 Å². The van der Waals surface area contributed by atoms with Gasteiger partial charge in [-0.1, -0.05) is 0 Å². The fourth-order valence-corrected chi connectivity index (χ4v) is 5.32. The largest absolute Gasteiger partial charge is 0.490 e. The number of methoxy groups -OCH3 is 1. The van der Waals surface area contributed by atoms with Gasteiger partial charge in [0, 0.05) is 43.7 Å². The van der Waals surface area contributed by atoms with Crippen LogP contribution in [0.2, 0.25) is 0 Å². The third kappa shape index (κ3) is 4.29. The minimum atomic E-state index is -4.01. The molecular weight excluding hydrogens is 467 g/mol. The predicted molar refractivity (Wildman–Crippen MR) is 121 cm³/mol. The number of pyridine rings is 1. The first-order valence-electron chi connectivity index (χ1n) is 10.3. The van der Waals surface area contributed by atoms with Gasteiger partial charge in [-0.25, -0.2) is 12.8 Å². The second-order valence-electron chi connectivity index (χ2n) is 7.75. The van der Waals surface area contributed by atoms with E-state index in [-0.39, 0.29) is 42.7 Å². The van der Waals surface area contributed by atoms with Crippen molar-refractivity contribution in [2.75, 3.05) is 33.3 Å². The standard InChI is InChI=1S/C22H21FN4O6S/c1-14-18(11-15-3-4-16(23)12-19(15)24-14)22(28)25-7-9-26(10-8-25)34(31,32)17-5-6-21(33-2)20(13-17)27(29)30/h3-6,11-13H,7-10H2,1-2H3. The van der Waals surface area contributed by atoms with Crippen LogP contribution in [0.15, 0.2) is 47.4 Å². The zero-order chi connectivity index (χ0) is 24.6. The summed E-state index contributed by atoms with van der Waals surface area (Å²) >= 11 is 0. The van der Waals surface area contributed by atoms with Crippen LogP contribution in [0.4, 0.5) is 10.1 Å². The van der Waals surface area contributed by atoms with Gasteiger partial charge >= 0.3 is 5.69 Å². The number of sulfonamides is 1. The number of aromatic nitrogens is 1. The molecule has 0 bridgehead atoms. The summed E-state index contributed by atoms with van der Waals surface area (Å²) in [5.41, 5.74) is 0.806. The van der Waals surface area contributed by atoms with Gasteiger partial charge in [-0.3, -0.25) is 19.9 Å². The maximum Gasteiger partial charge on any atom is 0.312 e.